The molecule has 3 N–H and O–H groups in total. The van der Waals surface area contributed by atoms with Crippen molar-refractivity contribution in [3.63, 3.8) is 0 Å². The number of rotatable bonds is 8. The summed E-state index contributed by atoms with van der Waals surface area (Å²) in [5.41, 5.74) is 6.23. The van der Waals surface area contributed by atoms with E-state index in [0.717, 1.165) is 5.56 Å². The maximum absolute atomic E-state index is 12.7. The molecule has 1 rings (SSSR count). The number of sulfonamides is 1. The van der Waals surface area contributed by atoms with E-state index in [2.05, 4.69) is 4.72 Å². The Morgan fingerprint density at radius 1 is 1.26 bits per heavy atom. The topological polar surface area (TPSA) is 72.2 Å². The Morgan fingerprint density at radius 2 is 1.89 bits per heavy atom. The minimum Gasteiger partial charge on any atom is -0.330 e. The molecule has 108 valence electrons. The van der Waals surface area contributed by atoms with Gasteiger partial charge in [0.25, 0.3) is 0 Å². The Kier molecular flexibility index (Phi) is 6.41. The molecule has 0 aliphatic rings. The summed E-state index contributed by atoms with van der Waals surface area (Å²) in [6, 6.07) is 5.85. The van der Waals surface area contributed by atoms with Crippen molar-refractivity contribution in [2.75, 3.05) is 12.3 Å². The van der Waals surface area contributed by atoms with Gasteiger partial charge in [0.05, 0.1) is 5.75 Å². The minimum atomic E-state index is -3.26. The van der Waals surface area contributed by atoms with Crippen molar-refractivity contribution >= 4 is 10.0 Å². The highest BCUT2D eigenvalue weighted by Gasteiger charge is 2.14. The standard InChI is InChI=1S/C13H21FN2O2S/c1-11(10-12-4-6-13(14)7-5-12)16-19(17,18)9-3-2-8-15/h4-7,11,16H,2-3,8-10,15H2,1H3. The molecule has 4 nitrogen and oxygen atoms in total. The third-order valence-electron chi connectivity index (χ3n) is 2.70. The lowest BCUT2D eigenvalue weighted by molar-refractivity contribution is 0.556. The first-order valence-corrected chi connectivity index (χ1v) is 8.02. The van der Waals surface area contributed by atoms with E-state index in [0.29, 0.717) is 25.8 Å². The predicted molar refractivity (Wildman–Crippen MR) is 74.8 cm³/mol. The van der Waals surface area contributed by atoms with Crippen LogP contribution < -0.4 is 10.5 Å². The lowest BCUT2D eigenvalue weighted by Gasteiger charge is -2.14. The van der Waals surface area contributed by atoms with Gasteiger partial charge in [-0.1, -0.05) is 12.1 Å². The van der Waals surface area contributed by atoms with Gasteiger partial charge < -0.3 is 5.73 Å². The van der Waals surface area contributed by atoms with Gasteiger partial charge in [-0.15, -0.1) is 0 Å². The van der Waals surface area contributed by atoms with Gasteiger partial charge in [-0.2, -0.15) is 0 Å². The van der Waals surface area contributed by atoms with Crippen molar-refractivity contribution in [2.45, 2.75) is 32.2 Å². The van der Waals surface area contributed by atoms with Crippen molar-refractivity contribution < 1.29 is 12.8 Å². The molecule has 0 radical (unpaired) electrons. The van der Waals surface area contributed by atoms with Crippen LogP contribution in [0.15, 0.2) is 24.3 Å². The Hall–Kier alpha value is -0.980. The Balaban J connectivity index is 2.45. The number of hydrogen-bond acceptors (Lipinski definition) is 3. The number of nitrogens with two attached hydrogens (primary N) is 1. The second-order valence-electron chi connectivity index (χ2n) is 4.66. The Morgan fingerprint density at radius 3 is 2.47 bits per heavy atom. The Bertz CT molecular complexity index is 474. The molecule has 0 aromatic heterocycles. The lowest BCUT2D eigenvalue weighted by Crippen LogP contribution is -2.35. The van der Waals surface area contributed by atoms with E-state index in [1.165, 1.54) is 12.1 Å². The summed E-state index contributed by atoms with van der Waals surface area (Å²) in [5, 5.41) is 0. The SMILES string of the molecule is CC(Cc1ccc(F)cc1)NS(=O)(=O)CCCCN. The van der Waals surface area contributed by atoms with Crippen LogP contribution in [0, 0.1) is 5.82 Å². The summed E-state index contributed by atoms with van der Waals surface area (Å²) >= 11 is 0. The number of halogens is 1. The van der Waals surface area contributed by atoms with E-state index in [4.69, 9.17) is 5.73 Å². The molecule has 0 heterocycles. The van der Waals surface area contributed by atoms with Crippen molar-refractivity contribution in [1.29, 1.82) is 0 Å². The van der Waals surface area contributed by atoms with E-state index in [1.54, 1.807) is 19.1 Å². The zero-order valence-corrected chi connectivity index (χ0v) is 11.9. The van der Waals surface area contributed by atoms with E-state index in [-0.39, 0.29) is 17.6 Å². The van der Waals surface area contributed by atoms with E-state index in [9.17, 15) is 12.8 Å². The molecule has 0 fully saturated rings. The summed E-state index contributed by atoms with van der Waals surface area (Å²) in [6.45, 7) is 2.30. The fraction of sp³-hybridized carbons (Fsp3) is 0.538. The van der Waals surface area contributed by atoms with Crippen LogP contribution in [0.1, 0.15) is 25.3 Å². The molecule has 0 saturated heterocycles. The average molecular weight is 288 g/mol. The first-order chi connectivity index (χ1) is 8.93. The zero-order chi connectivity index (χ0) is 14.3. The maximum atomic E-state index is 12.7. The molecular formula is C13H21FN2O2S. The third-order valence-corrected chi connectivity index (χ3v) is 4.29. The summed E-state index contributed by atoms with van der Waals surface area (Å²) < 4.78 is 38.9. The van der Waals surface area contributed by atoms with Crippen LogP contribution in [-0.4, -0.2) is 26.8 Å². The predicted octanol–water partition coefficient (Wildman–Crippen LogP) is 1.42. The Labute approximate surface area is 114 Å². The van der Waals surface area contributed by atoms with Crippen molar-refractivity contribution in [2.24, 2.45) is 5.73 Å². The normalized spacial score (nSPS) is 13.4. The molecule has 0 spiro atoms. The van der Waals surface area contributed by atoms with Gasteiger partial charge in [0.1, 0.15) is 5.82 Å². The molecule has 6 heteroatoms. The van der Waals surface area contributed by atoms with Gasteiger partial charge in [-0.25, -0.2) is 17.5 Å². The zero-order valence-electron chi connectivity index (χ0n) is 11.1. The van der Waals surface area contributed by atoms with Crippen LogP contribution in [0.4, 0.5) is 4.39 Å². The summed E-state index contributed by atoms with van der Waals surface area (Å²) in [5.74, 6) is -0.198. The smallest absolute Gasteiger partial charge is 0.211 e. The van der Waals surface area contributed by atoms with Gasteiger partial charge >= 0.3 is 0 Å². The highest BCUT2D eigenvalue weighted by Crippen LogP contribution is 2.06. The molecule has 1 unspecified atom stereocenters. The maximum Gasteiger partial charge on any atom is 0.211 e. The molecule has 1 aromatic rings. The fourth-order valence-corrected chi connectivity index (χ4v) is 3.22. The largest absolute Gasteiger partial charge is 0.330 e. The summed E-state index contributed by atoms with van der Waals surface area (Å²) in [7, 11) is -3.26. The van der Waals surface area contributed by atoms with Crippen LogP contribution in [0.3, 0.4) is 0 Å². The number of hydrogen-bond donors (Lipinski definition) is 2. The third kappa shape index (κ3) is 6.66. The fourth-order valence-electron chi connectivity index (χ4n) is 1.82. The lowest BCUT2D eigenvalue weighted by atomic mass is 10.1. The van der Waals surface area contributed by atoms with Crippen molar-refractivity contribution in [3.05, 3.63) is 35.6 Å². The first-order valence-electron chi connectivity index (χ1n) is 6.37. The van der Waals surface area contributed by atoms with Gasteiger partial charge in [0, 0.05) is 6.04 Å². The van der Waals surface area contributed by atoms with Crippen LogP contribution in [-0.2, 0) is 16.4 Å². The van der Waals surface area contributed by atoms with Crippen LogP contribution in [0.5, 0.6) is 0 Å². The molecular weight excluding hydrogens is 267 g/mol. The molecule has 0 amide bonds. The quantitative estimate of drug-likeness (QED) is 0.711. The molecule has 0 saturated carbocycles. The van der Waals surface area contributed by atoms with E-state index < -0.39 is 10.0 Å². The van der Waals surface area contributed by atoms with E-state index >= 15 is 0 Å². The number of nitrogens with one attached hydrogen (secondary N) is 1. The second kappa shape index (κ2) is 7.57. The minimum absolute atomic E-state index is 0.0952. The van der Waals surface area contributed by atoms with Gasteiger partial charge in [0.15, 0.2) is 0 Å². The molecule has 1 atom stereocenters. The van der Waals surface area contributed by atoms with Crippen molar-refractivity contribution in [1.82, 2.24) is 4.72 Å². The van der Waals surface area contributed by atoms with Gasteiger partial charge in [-0.05, 0) is 50.4 Å². The summed E-state index contributed by atoms with van der Waals surface area (Å²) in [4.78, 5) is 0. The van der Waals surface area contributed by atoms with Gasteiger partial charge in [0.2, 0.25) is 10.0 Å². The average Bonchev–Trinajstić information content (AvgIpc) is 2.31. The second-order valence-corrected chi connectivity index (χ2v) is 6.54. The molecule has 0 aliphatic carbocycles. The summed E-state index contributed by atoms with van der Waals surface area (Å²) in [6.07, 6.45) is 1.80. The molecule has 1 aromatic carbocycles. The van der Waals surface area contributed by atoms with Gasteiger partial charge in [-0.3, -0.25) is 0 Å². The molecule has 19 heavy (non-hydrogen) atoms. The monoisotopic (exact) mass is 288 g/mol. The number of unbranched alkanes of at least 4 members (excludes halogenated alkanes) is 1. The number of benzene rings is 1. The van der Waals surface area contributed by atoms with Crippen LogP contribution >= 0.6 is 0 Å². The highest BCUT2D eigenvalue weighted by molar-refractivity contribution is 7.89. The van der Waals surface area contributed by atoms with E-state index in [1.807, 2.05) is 0 Å². The van der Waals surface area contributed by atoms with Crippen molar-refractivity contribution in [3.8, 4) is 0 Å². The van der Waals surface area contributed by atoms with Crippen LogP contribution in [0.25, 0.3) is 0 Å². The molecule has 0 bridgehead atoms. The van der Waals surface area contributed by atoms with Crippen LogP contribution in [0.2, 0.25) is 0 Å². The molecule has 0 aliphatic heterocycles. The highest BCUT2D eigenvalue weighted by atomic mass is 32.2. The first kappa shape index (κ1) is 16.1.